The van der Waals surface area contributed by atoms with E-state index in [1.54, 1.807) is 24.3 Å². The van der Waals surface area contributed by atoms with E-state index in [1.807, 2.05) is 0 Å². The van der Waals surface area contributed by atoms with Crippen LogP contribution in [-0.4, -0.2) is 33.0 Å². The fraction of sp³-hybridized carbons (Fsp3) is 0.111. The molecule has 0 fully saturated rings. The van der Waals surface area contributed by atoms with E-state index >= 15 is 0 Å². The van der Waals surface area contributed by atoms with Crippen LogP contribution in [0.3, 0.4) is 0 Å². The van der Waals surface area contributed by atoms with Gasteiger partial charge >= 0.3 is 5.97 Å². The van der Waals surface area contributed by atoms with Gasteiger partial charge in [-0.25, -0.2) is 0 Å². The summed E-state index contributed by atoms with van der Waals surface area (Å²) in [5.41, 5.74) is -0.0107. The molecule has 9 nitrogen and oxygen atoms in total. The van der Waals surface area contributed by atoms with E-state index in [9.17, 15) is 30.0 Å². The van der Waals surface area contributed by atoms with Crippen molar-refractivity contribution in [1.82, 2.24) is 0 Å². The number of ether oxygens (including phenoxy) is 2. The van der Waals surface area contributed by atoms with Crippen LogP contribution in [-0.2, 0) is 4.79 Å². The van der Waals surface area contributed by atoms with Gasteiger partial charge in [0.2, 0.25) is 11.2 Å². The van der Waals surface area contributed by atoms with Gasteiger partial charge in [-0.1, -0.05) is 18.1 Å². The van der Waals surface area contributed by atoms with Gasteiger partial charge in [-0.15, -0.1) is 6.42 Å². The van der Waals surface area contributed by atoms with Gasteiger partial charge in [0.15, 0.2) is 17.3 Å². The molecule has 0 spiro atoms. The number of hydrogen-bond donors (Lipinski definition) is 4. The third kappa shape index (κ3) is 3.71. The summed E-state index contributed by atoms with van der Waals surface area (Å²) in [6.45, 7) is 0.0422. The van der Waals surface area contributed by atoms with Crippen LogP contribution < -0.4 is 14.9 Å². The molecule has 0 aliphatic carbocycles. The fourth-order valence-corrected chi connectivity index (χ4v) is 4.27. The largest absolute Gasteiger partial charge is 0.507 e. The van der Waals surface area contributed by atoms with Crippen molar-refractivity contribution in [3.63, 3.8) is 0 Å². The summed E-state index contributed by atoms with van der Waals surface area (Å²) in [6, 6.07) is 11.6. The van der Waals surface area contributed by atoms with Crippen molar-refractivity contribution in [2.45, 2.75) is 12.3 Å². The summed E-state index contributed by atoms with van der Waals surface area (Å²) >= 11 is 0. The first kappa shape index (κ1) is 22.7. The van der Waals surface area contributed by atoms with Gasteiger partial charge in [0.1, 0.15) is 34.8 Å². The minimum Gasteiger partial charge on any atom is -0.507 e. The summed E-state index contributed by atoms with van der Waals surface area (Å²) in [7, 11) is 0. The van der Waals surface area contributed by atoms with Crippen LogP contribution in [0.15, 0.2) is 57.7 Å². The summed E-state index contributed by atoms with van der Waals surface area (Å²) in [5, 5.41) is 40.4. The maximum Gasteiger partial charge on any atom is 0.312 e. The molecule has 9 heteroatoms. The van der Waals surface area contributed by atoms with Crippen LogP contribution in [0.5, 0.6) is 34.5 Å². The summed E-state index contributed by atoms with van der Waals surface area (Å²) < 4.78 is 16.8. The highest BCUT2D eigenvalue weighted by Crippen LogP contribution is 2.47. The molecular formula is C27H18O9. The Kier molecular flexibility index (Phi) is 5.42. The van der Waals surface area contributed by atoms with Gasteiger partial charge in [0.25, 0.3) is 0 Å². The van der Waals surface area contributed by atoms with Crippen LogP contribution in [0.2, 0.25) is 0 Å². The Bertz CT molecular complexity index is 1640. The van der Waals surface area contributed by atoms with E-state index in [0.717, 1.165) is 12.1 Å². The normalized spacial score (nSPS) is 14.6. The lowest BCUT2D eigenvalue weighted by atomic mass is 9.85. The molecule has 5 rings (SSSR count). The van der Waals surface area contributed by atoms with E-state index in [0.29, 0.717) is 16.9 Å². The highest BCUT2D eigenvalue weighted by atomic mass is 16.5. The summed E-state index contributed by atoms with van der Waals surface area (Å²) in [4.78, 5) is 25.6. The first-order valence-electron chi connectivity index (χ1n) is 10.7. The lowest BCUT2D eigenvalue weighted by Gasteiger charge is -2.26. The number of phenols is 3. The lowest BCUT2D eigenvalue weighted by molar-refractivity contribution is -0.135. The molecule has 2 heterocycles. The second kappa shape index (κ2) is 8.60. The average Bonchev–Trinajstić information content (AvgIpc) is 2.85. The fourth-order valence-electron chi connectivity index (χ4n) is 4.27. The number of carbonyl (C=O) groups is 1. The van der Waals surface area contributed by atoms with E-state index < -0.39 is 40.3 Å². The zero-order valence-electron chi connectivity index (χ0n) is 18.5. The van der Waals surface area contributed by atoms with Crippen LogP contribution in [0.4, 0.5) is 0 Å². The summed E-state index contributed by atoms with van der Waals surface area (Å²) in [5.74, 6) is -0.958. The zero-order valence-corrected chi connectivity index (χ0v) is 18.5. The molecule has 0 saturated heterocycles. The number of hydrogen-bond acceptors (Lipinski definition) is 9. The predicted molar refractivity (Wildman–Crippen MR) is 127 cm³/mol. The summed E-state index contributed by atoms with van der Waals surface area (Å²) in [6.07, 6.45) is 5.16. The third-order valence-corrected chi connectivity index (χ3v) is 5.89. The molecule has 0 bridgehead atoms. The number of phenolic OH excluding ortho intramolecular Hbond substituents is 3. The van der Waals surface area contributed by atoms with Crippen molar-refractivity contribution in [3.8, 4) is 58.2 Å². The van der Waals surface area contributed by atoms with Crippen LogP contribution in [0.25, 0.3) is 22.3 Å². The predicted octanol–water partition coefficient (Wildman–Crippen LogP) is 3.74. The van der Waals surface area contributed by atoms with E-state index in [-0.39, 0.29) is 41.1 Å². The average molecular weight is 486 g/mol. The molecule has 0 unspecified atom stereocenters. The molecule has 1 aliphatic rings. The molecule has 4 aromatic rings. The Morgan fingerprint density at radius 1 is 1.00 bits per heavy atom. The number of benzene rings is 3. The first-order chi connectivity index (χ1) is 17.3. The lowest BCUT2D eigenvalue weighted by Crippen LogP contribution is -2.22. The quantitative estimate of drug-likeness (QED) is 0.147. The highest BCUT2D eigenvalue weighted by Gasteiger charge is 2.34. The number of fused-ring (bicyclic) bond motifs is 3. The van der Waals surface area contributed by atoms with Gasteiger partial charge in [0.05, 0.1) is 6.42 Å². The molecule has 1 aliphatic heterocycles. The van der Waals surface area contributed by atoms with E-state index in [4.69, 9.17) is 20.3 Å². The Balaban J connectivity index is 1.79. The van der Waals surface area contributed by atoms with Crippen LogP contribution in [0, 0.1) is 12.3 Å². The van der Waals surface area contributed by atoms with Crippen molar-refractivity contribution in [2.75, 3.05) is 6.61 Å². The van der Waals surface area contributed by atoms with Crippen molar-refractivity contribution >= 4 is 16.9 Å². The monoisotopic (exact) mass is 486 g/mol. The molecular weight excluding hydrogens is 468 g/mol. The van der Waals surface area contributed by atoms with Crippen molar-refractivity contribution in [1.29, 1.82) is 0 Å². The zero-order chi connectivity index (χ0) is 25.6. The van der Waals surface area contributed by atoms with E-state index in [2.05, 4.69) is 5.92 Å². The molecule has 1 atom stereocenters. The molecule has 0 radical (unpaired) electrons. The number of carbonyl (C=O) groups excluding carboxylic acids is 1. The minimum absolute atomic E-state index is 0.00969. The van der Waals surface area contributed by atoms with Crippen LogP contribution in [0.1, 0.15) is 23.5 Å². The third-order valence-electron chi connectivity index (χ3n) is 5.89. The van der Waals surface area contributed by atoms with Crippen molar-refractivity contribution in [3.05, 3.63) is 69.9 Å². The number of aromatic hydroxyl groups is 4. The van der Waals surface area contributed by atoms with Crippen molar-refractivity contribution in [2.24, 2.45) is 0 Å². The number of esters is 1. The Hall–Kier alpha value is -5.10. The van der Waals surface area contributed by atoms with Crippen LogP contribution >= 0.6 is 0 Å². The molecule has 1 aromatic heterocycles. The van der Waals surface area contributed by atoms with Gasteiger partial charge in [-0.05, 0) is 35.9 Å². The van der Waals surface area contributed by atoms with Gasteiger partial charge in [0, 0.05) is 23.1 Å². The molecule has 4 N–H and O–H groups in total. The SMILES string of the molecule is C#CCOc1cccc([C@H]2CC(=O)Oc3cc(O)c4c(=O)c(O)c(-c5ccc(O)c(O)c5)oc4c32)c1. The Labute approximate surface area is 203 Å². The van der Waals surface area contributed by atoms with Gasteiger partial charge in [-0.3, -0.25) is 9.59 Å². The van der Waals surface area contributed by atoms with Gasteiger partial charge < -0.3 is 34.3 Å². The van der Waals surface area contributed by atoms with Gasteiger partial charge in [-0.2, -0.15) is 0 Å². The number of terminal acetylenes is 1. The minimum atomic E-state index is -0.930. The molecule has 180 valence electrons. The van der Waals surface area contributed by atoms with Crippen molar-refractivity contribution < 1.29 is 39.1 Å². The molecule has 0 amide bonds. The smallest absolute Gasteiger partial charge is 0.312 e. The second-order valence-corrected chi connectivity index (χ2v) is 8.12. The van der Waals surface area contributed by atoms with E-state index in [1.165, 1.54) is 12.1 Å². The Morgan fingerprint density at radius 2 is 1.81 bits per heavy atom. The standard InChI is InChI=1S/C27H18O9/c1-2-8-34-15-5-3-4-13(9-15)16-11-21(31)35-20-12-19(30)23-24(32)25(33)26(36-27(23)22(16)20)14-6-7-17(28)18(29)10-14/h1,3-7,9-10,12,16,28-30,33H,8,11H2/t16-/m1/s1. The first-order valence-corrected chi connectivity index (χ1v) is 10.7. The maximum atomic E-state index is 13.1. The molecule has 0 saturated carbocycles. The maximum absolute atomic E-state index is 13.1. The molecule has 36 heavy (non-hydrogen) atoms. The number of rotatable bonds is 4. The highest BCUT2D eigenvalue weighted by molar-refractivity contribution is 5.94. The second-order valence-electron chi connectivity index (χ2n) is 8.12. The molecule has 3 aromatic carbocycles. The Morgan fingerprint density at radius 3 is 2.56 bits per heavy atom. The topological polar surface area (TPSA) is 147 Å².